The Hall–Kier alpha value is -4.78. The molecule has 5 rings (SSSR count). The van der Waals surface area contributed by atoms with Crippen molar-refractivity contribution >= 4 is 28.4 Å². The largest absolute Gasteiger partial charge is 0.417 e. The number of alkyl halides is 3. The molecule has 0 amide bonds. The summed E-state index contributed by atoms with van der Waals surface area (Å²) in [6.07, 6.45) is -0.690. The fourth-order valence-corrected chi connectivity index (χ4v) is 4.08. The van der Waals surface area contributed by atoms with Crippen LogP contribution < -0.4 is 16.4 Å². The Morgan fingerprint density at radius 2 is 1.79 bits per heavy atom. The number of hydrogen-bond donors (Lipinski definition) is 4. The highest BCUT2D eigenvalue weighted by molar-refractivity contribution is 5.99. The molecule has 4 heterocycles. The van der Waals surface area contributed by atoms with Gasteiger partial charge in [0.05, 0.1) is 16.6 Å². The molecule has 0 bridgehead atoms. The number of fused-ring (bicyclic) bond motifs is 1. The van der Waals surface area contributed by atoms with Crippen molar-refractivity contribution in [2.45, 2.75) is 18.9 Å². The summed E-state index contributed by atoms with van der Waals surface area (Å²) >= 11 is 0. The first-order valence-corrected chi connectivity index (χ1v) is 11.6. The minimum Gasteiger partial charge on any atom is -0.383 e. The molecule has 0 aliphatic heterocycles. The van der Waals surface area contributed by atoms with Gasteiger partial charge in [-0.15, -0.1) is 0 Å². The molecule has 200 valence electrons. The molecule has 4 aromatic heterocycles. The van der Waals surface area contributed by atoms with Crippen LogP contribution in [0.4, 0.5) is 34.9 Å². The van der Waals surface area contributed by atoms with Crippen LogP contribution in [0.3, 0.4) is 0 Å². The Labute approximate surface area is 219 Å². The summed E-state index contributed by atoms with van der Waals surface area (Å²) in [5.74, 6) is -0.125. The zero-order chi connectivity index (χ0) is 27.7. The average Bonchev–Trinajstić information content (AvgIpc) is 3.26. The molecule has 0 fully saturated rings. The van der Waals surface area contributed by atoms with E-state index < -0.39 is 23.8 Å². The third kappa shape index (κ3) is 5.43. The van der Waals surface area contributed by atoms with Gasteiger partial charge in [0.1, 0.15) is 29.4 Å². The molecular weight excluding hydrogens is 516 g/mol. The van der Waals surface area contributed by atoms with Gasteiger partial charge < -0.3 is 26.0 Å². The van der Waals surface area contributed by atoms with E-state index in [4.69, 9.17) is 5.73 Å². The summed E-state index contributed by atoms with van der Waals surface area (Å²) < 4.78 is 55.1. The number of rotatable bonds is 7. The van der Waals surface area contributed by atoms with Crippen molar-refractivity contribution < 1.29 is 22.7 Å². The number of halogens is 4. The van der Waals surface area contributed by atoms with Gasteiger partial charge in [-0.25, -0.2) is 19.3 Å². The van der Waals surface area contributed by atoms with Crippen molar-refractivity contribution in [2.75, 3.05) is 16.4 Å². The van der Waals surface area contributed by atoms with Gasteiger partial charge >= 0.3 is 6.18 Å². The Balaban J connectivity index is 1.37. The van der Waals surface area contributed by atoms with E-state index in [2.05, 4.69) is 30.6 Å². The van der Waals surface area contributed by atoms with Crippen LogP contribution in [-0.2, 0) is 19.8 Å². The fourth-order valence-electron chi connectivity index (χ4n) is 4.08. The standard InChI is InChI=1S/C26H22F4N8O/c1-38-12-19(21-22(31)35-13-36-24(21)38)20-7-2-14(9-32-20)10-33-23-18(8-15(11-34-23)26(28,29)30)25(39)37-17-5-3-16(27)4-6-17/h2-9,11-13,25,37,39H,10H2,1H3,(H,33,34)(H2,31,35,36). The number of aryl methyl sites for hydroxylation is 1. The highest BCUT2D eigenvalue weighted by Gasteiger charge is 2.32. The van der Waals surface area contributed by atoms with Crippen LogP contribution >= 0.6 is 0 Å². The van der Waals surface area contributed by atoms with Crippen LogP contribution in [0.5, 0.6) is 0 Å². The summed E-state index contributed by atoms with van der Waals surface area (Å²) in [4.78, 5) is 16.7. The van der Waals surface area contributed by atoms with Crippen LogP contribution in [0.25, 0.3) is 22.3 Å². The Bertz CT molecular complexity index is 1620. The number of nitrogen functional groups attached to an aromatic ring is 1. The van der Waals surface area contributed by atoms with E-state index in [1.807, 2.05) is 17.8 Å². The number of aromatic nitrogens is 5. The quantitative estimate of drug-likeness (QED) is 0.171. The van der Waals surface area contributed by atoms with Crippen LogP contribution in [-0.4, -0.2) is 29.6 Å². The van der Waals surface area contributed by atoms with E-state index in [1.165, 1.54) is 18.5 Å². The van der Waals surface area contributed by atoms with E-state index in [0.717, 1.165) is 23.8 Å². The van der Waals surface area contributed by atoms with Crippen molar-refractivity contribution in [1.82, 2.24) is 24.5 Å². The molecule has 0 spiro atoms. The molecule has 13 heteroatoms. The highest BCUT2D eigenvalue weighted by Crippen LogP contribution is 2.34. The number of benzene rings is 1. The molecular formula is C26H22F4N8O. The first-order chi connectivity index (χ1) is 18.6. The summed E-state index contributed by atoms with van der Waals surface area (Å²) in [6.45, 7) is 0.155. The fraction of sp³-hybridized carbons (Fsp3) is 0.154. The molecule has 0 saturated heterocycles. The zero-order valence-corrected chi connectivity index (χ0v) is 20.4. The minimum atomic E-state index is -4.66. The third-order valence-electron chi connectivity index (χ3n) is 6.03. The summed E-state index contributed by atoms with van der Waals surface area (Å²) in [5, 5.41) is 17.0. The van der Waals surface area contributed by atoms with Gasteiger partial charge in [-0.1, -0.05) is 6.07 Å². The number of nitrogens with zero attached hydrogens (tertiary/aromatic N) is 5. The summed E-state index contributed by atoms with van der Waals surface area (Å²) in [5.41, 5.74) is 7.98. The first-order valence-electron chi connectivity index (χ1n) is 11.6. The molecule has 0 saturated carbocycles. The SMILES string of the molecule is Cn1cc(-c2ccc(CNc3ncc(C(F)(F)F)cc3C(O)Nc3ccc(F)cc3)cn2)c2c(N)ncnc21. The lowest BCUT2D eigenvalue weighted by atomic mass is 10.1. The lowest BCUT2D eigenvalue weighted by Crippen LogP contribution is -2.16. The maximum absolute atomic E-state index is 13.4. The van der Waals surface area contributed by atoms with Gasteiger partial charge in [-0.2, -0.15) is 13.2 Å². The second-order valence-corrected chi connectivity index (χ2v) is 8.73. The van der Waals surface area contributed by atoms with Gasteiger partial charge in [-0.05, 0) is 42.0 Å². The van der Waals surface area contributed by atoms with Gasteiger partial charge in [0.15, 0.2) is 6.23 Å². The molecule has 0 aliphatic rings. The Kier molecular flexibility index (Phi) is 6.74. The third-order valence-corrected chi connectivity index (χ3v) is 6.03. The number of hydrogen-bond acceptors (Lipinski definition) is 8. The van der Waals surface area contributed by atoms with Crippen molar-refractivity contribution in [3.8, 4) is 11.3 Å². The Morgan fingerprint density at radius 3 is 2.49 bits per heavy atom. The molecule has 1 aromatic carbocycles. The lowest BCUT2D eigenvalue weighted by Gasteiger charge is -2.20. The molecule has 0 radical (unpaired) electrons. The van der Waals surface area contributed by atoms with E-state index in [9.17, 15) is 22.7 Å². The second-order valence-electron chi connectivity index (χ2n) is 8.73. The van der Waals surface area contributed by atoms with Crippen LogP contribution in [0.2, 0.25) is 0 Å². The maximum atomic E-state index is 13.4. The van der Waals surface area contributed by atoms with Gasteiger partial charge in [0.25, 0.3) is 0 Å². The molecule has 39 heavy (non-hydrogen) atoms. The van der Waals surface area contributed by atoms with Crippen LogP contribution in [0.15, 0.2) is 67.4 Å². The molecule has 1 unspecified atom stereocenters. The smallest absolute Gasteiger partial charge is 0.383 e. The number of anilines is 3. The molecule has 0 aliphatic carbocycles. The van der Waals surface area contributed by atoms with E-state index in [1.54, 1.807) is 18.3 Å². The monoisotopic (exact) mass is 538 g/mol. The molecule has 1 atom stereocenters. The average molecular weight is 539 g/mol. The van der Waals surface area contributed by atoms with Crippen LogP contribution in [0.1, 0.15) is 22.9 Å². The zero-order valence-electron chi connectivity index (χ0n) is 20.4. The van der Waals surface area contributed by atoms with Crippen molar-refractivity contribution in [1.29, 1.82) is 0 Å². The highest BCUT2D eigenvalue weighted by atomic mass is 19.4. The van der Waals surface area contributed by atoms with E-state index in [-0.39, 0.29) is 17.9 Å². The van der Waals surface area contributed by atoms with Gasteiger partial charge in [0.2, 0.25) is 0 Å². The predicted molar refractivity (Wildman–Crippen MR) is 138 cm³/mol. The number of nitrogens with one attached hydrogen (secondary N) is 2. The number of aliphatic hydroxyl groups is 1. The predicted octanol–water partition coefficient (Wildman–Crippen LogP) is 4.88. The van der Waals surface area contributed by atoms with E-state index in [0.29, 0.717) is 40.0 Å². The molecule has 5 N–H and O–H groups in total. The normalized spacial score (nSPS) is 12.5. The number of nitrogens with two attached hydrogens (primary N) is 1. The van der Waals surface area contributed by atoms with Crippen molar-refractivity contribution in [2.24, 2.45) is 7.05 Å². The topological polar surface area (TPSA) is 127 Å². The lowest BCUT2D eigenvalue weighted by molar-refractivity contribution is -0.137. The maximum Gasteiger partial charge on any atom is 0.417 e. The van der Waals surface area contributed by atoms with Crippen molar-refractivity contribution in [3.63, 3.8) is 0 Å². The second kappa shape index (κ2) is 10.2. The summed E-state index contributed by atoms with van der Waals surface area (Å²) in [6, 6.07) is 9.43. The van der Waals surface area contributed by atoms with Crippen molar-refractivity contribution in [3.05, 3.63) is 89.9 Å². The number of aliphatic hydroxyl groups excluding tert-OH is 1. The van der Waals surface area contributed by atoms with E-state index >= 15 is 0 Å². The van der Waals surface area contributed by atoms with Gasteiger partial charge in [0, 0.05) is 49.0 Å². The first kappa shape index (κ1) is 25.9. The molecule has 5 aromatic rings. The van der Waals surface area contributed by atoms with Crippen LogP contribution in [0, 0.1) is 5.82 Å². The Morgan fingerprint density at radius 1 is 1.03 bits per heavy atom. The van der Waals surface area contributed by atoms with Gasteiger partial charge in [-0.3, -0.25) is 4.98 Å². The molecule has 9 nitrogen and oxygen atoms in total. The minimum absolute atomic E-state index is 0.0353. The summed E-state index contributed by atoms with van der Waals surface area (Å²) in [7, 11) is 1.84. The number of pyridine rings is 2.